The van der Waals surface area contributed by atoms with E-state index in [1.807, 2.05) is 0 Å². The summed E-state index contributed by atoms with van der Waals surface area (Å²) in [5, 5.41) is 0. The number of esters is 1. The predicted molar refractivity (Wildman–Crippen MR) is 70.7 cm³/mol. The number of rotatable bonds is 7. The first-order valence-electron chi connectivity index (χ1n) is 7.09. The molecule has 0 amide bonds. The zero-order valence-corrected chi connectivity index (χ0v) is 11.3. The number of hydrogen-bond acceptors (Lipinski definition) is 2. The third kappa shape index (κ3) is 5.38. The number of allylic oxidation sites excluding steroid dienone is 2. The average Bonchev–Trinajstić information content (AvgIpc) is 2.39. The van der Waals surface area contributed by atoms with E-state index in [0.29, 0.717) is 12.5 Å². The molecule has 2 nitrogen and oxygen atoms in total. The second kappa shape index (κ2) is 8.32. The topological polar surface area (TPSA) is 26.3 Å². The molecule has 0 aliphatic heterocycles. The lowest BCUT2D eigenvalue weighted by Crippen LogP contribution is -2.22. The standard InChI is InChI=1S/C15H26O2/c1-3-5-9-13(4-2)12-17-15(16)14-10-7-6-8-11-14/h6-7,13-14H,3-5,8-12H2,1-2H3/t13?,14-/m1/s1. The quantitative estimate of drug-likeness (QED) is 0.493. The summed E-state index contributed by atoms with van der Waals surface area (Å²) in [6.45, 7) is 5.00. The Labute approximate surface area is 105 Å². The van der Waals surface area contributed by atoms with Crippen molar-refractivity contribution in [2.75, 3.05) is 6.61 Å². The molecule has 1 rings (SSSR count). The Kier molecular flexibility index (Phi) is 6.99. The first kappa shape index (κ1) is 14.3. The van der Waals surface area contributed by atoms with Crippen LogP contribution in [0.25, 0.3) is 0 Å². The van der Waals surface area contributed by atoms with E-state index >= 15 is 0 Å². The minimum Gasteiger partial charge on any atom is -0.465 e. The Morgan fingerprint density at radius 1 is 1.41 bits per heavy atom. The Bertz CT molecular complexity index is 245. The second-order valence-electron chi connectivity index (χ2n) is 5.03. The van der Waals surface area contributed by atoms with E-state index in [1.165, 1.54) is 19.3 Å². The van der Waals surface area contributed by atoms with Gasteiger partial charge in [0, 0.05) is 0 Å². The molecule has 0 radical (unpaired) electrons. The van der Waals surface area contributed by atoms with Gasteiger partial charge < -0.3 is 4.74 Å². The first-order valence-corrected chi connectivity index (χ1v) is 7.09. The molecule has 1 aliphatic carbocycles. The summed E-state index contributed by atoms with van der Waals surface area (Å²) in [5.41, 5.74) is 0. The van der Waals surface area contributed by atoms with Crippen molar-refractivity contribution in [2.24, 2.45) is 11.8 Å². The van der Waals surface area contributed by atoms with Gasteiger partial charge in [0.2, 0.25) is 0 Å². The lowest BCUT2D eigenvalue weighted by molar-refractivity contribution is -0.150. The fraction of sp³-hybridized carbons (Fsp3) is 0.800. The minimum absolute atomic E-state index is 0.0179. The van der Waals surface area contributed by atoms with Gasteiger partial charge in [-0.1, -0.05) is 45.3 Å². The molecule has 0 fully saturated rings. The summed E-state index contributed by atoms with van der Waals surface area (Å²) in [5.74, 6) is 0.686. The van der Waals surface area contributed by atoms with E-state index in [4.69, 9.17) is 4.74 Å². The molecular weight excluding hydrogens is 212 g/mol. The maximum Gasteiger partial charge on any atom is 0.309 e. The first-order chi connectivity index (χ1) is 8.27. The molecule has 1 aliphatic rings. The van der Waals surface area contributed by atoms with Crippen molar-refractivity contribution < 1.29 is 9.53 Å². The maximum absolute atomic E-state index is 11.8. The van der Waals surface area contributed by atoms with Gasteiger partial charge in [0.15, 0.2) is 0 Å². The highest BCUT2D eigenvalue weighted by Crippen LogP contribution is 2.20. The molecule has 0 saturated heterocycles. The van der Waals surface area contributed by atoms with Crippen LogP contribution >= 0.6 is 0 Å². The van der Waals surface area contributed by atoms with Gasteiger partial charge in [-0.3, -0.25) is 4.79 Å². The molecule has 0 spiro atoms. The summed E-state index contributed by atoms with van der Waals surface area (Å²) in [4.78, 5) is 11.8. The van der Waals surface area contributed by atoms with Crippen molar-refractivity contribution in [3.63, 3.8) is 0 Å². The third-order valence-corrected chi connectivity index (χ3v) is 3.61. The molecule has 0 heterocycles. The fourth-order valence-electron chi connectivity index (χ4n) is 2.22. The molecule has 0 bridgehead atoms. The lowest BCUT2D eigenvalue weighted by Gasteiger charge is -2.19. The van der Waals surface area contributed by atoms with Crippen molar-refractivity contribution in [1.29, 1.82) is 0 Å². The molecule has 98 valence electrons. The van der Waals surface area contributed by atoms with Crippen LogP contribution in [0.5, 0.6) is 0 Å². The molecule has 0 N–H and O–H groups in total. The van der Waals surface area contributed by atoms with Gasteiger partial charge >= 0.3 is 5.97 Å². The van der Waals surface area contributed by atoms with Crippen LogP contribution in [0.3, 0.4) is 0 Å². The van der Waals surface area contributed by atoms with Gasteiger partial charge in [0.05, 0.1) is 12.5 Å². The van der Waals surface area contributed by atoms with Gasteiger partial charge in [0.1, 0.15) is 0 Å². The summed E-state index contributed by atoms with van der Waals surface area (Å²) in [6.07, 6.45) is 11.9. The molecule has 2 heteroatoms. The van der Waals surface area contributed by atoms with Gasteiger partial charge in [-0.25, -0.2) is 0 Å². The molecule has 0 aromatic carbocycles. The van der Waals surface area contributed by atoms with Crippen LogP contribution in [0.2, 0.25) is 0 Å². The van der Waals surface area contributed by atoms with Crippen LogP contribution in [0.1, 0.15) is 58.8 Å². The van der Waals surface area contributed by atoms with Crippen molar-refractivity contribution >= 4 is 5.97 Å². The van der Waals surface area contributed by atoms with Crippen LogP contribution < -0.4 is 0 Å². The molecule has 0 aromatic rings. The molecule has 17 heavy (non-hydrogen) atoms. The molecule has 1 unspecified atom stereocenters. The number of carbonyl (C=O) groups excluding carboxylic acids is 1. The Hall–Kier alpha value is -0.790. The molecule has 2 atom stereocenters. The minimum atomic E-state index is 0.0179. The third-order valence-electron chi connectivity index (χ3n) is 3.61. The van der Waals surface area contributed by atoms with Gasteiger partial charge in [0.25, 0.3) is 0 Å². The summed E-state index contributed by atoms with van der Waals surface area (Å²) >= 11 is 0. The maximum atomic E-state index is 11.8. The van der Waals surface area contributed by atoms with Gasteiger partial charge in [-0.15, -0.1) is 0 Å². The number of unbranched alkanes of at least 4 members (excludes halogenated alkanes) is 1. The molecule has 0 saturated carbocycles. The number of hydrogen-bond donors (Lipinski definition) is 0. The highest BCUT2D eigenvalue weighted by Gasteiger charge is 2.21. The predicted octanol–water partition coefficient (Wildman–Crippen LogP) is 4.10. The van der Waals surface area contributed by atoms with Crippen molar-refractivity contribution in [3.8, 4) is 0 Å². The SMILES string of the molecule is CCCCC(CC)COC(=O)[C@@H]1CC=CCC1. The fourth-order valence-corrected chi connectivity index (χ4v) is 2.22. The van der Waals surface area contributed by atoms with E-state index in [0.717, 1.165) is 25.7 Å². The highest BCUT2D eigenvalue weighted by molar-refractivity contribution is 5.72. The zero-order valence-electron chi connectivity index (χ0n) is 11.3. The molecular formula is C15H26O2. The van der Waals surface area contributed by atoms with Crippen LogP contribution in [0.4, 0.5) is 0 Å². The van der Waals surface area contributed by atoms with Gasteiger partial charge in [-0.05, 0) is 31.6 Å². The summed E-state index contributed by atoms with van der Waals surface area (Å²) in [6, 6.07) is 0. The van der Waals surface area contributed by atoms with E-state index in [9.17, 15) is 4.79 Å². The van der Waals surface area contributed by atoms with Crippen LogP contribution in [0, 0.1) is 11.8 Å². The van der Waals surface area contributed by atoms with E-state index in [-0.39, 0.29) is 11.9 Å². The van der Waals surface area contributed by atoms with E-state index in [2.05, 4.69) is 26.0 Å². The van der Waals surface area contributed by atoms with Crippen LogP contribution in [-0.2, 0) is 9.53 Å². The Balaban J connectivity index is 2.23. The Morgan fingerprint density at radius 2 is 2.24 bits per heavy atom. The van der Waals surface area contributed by atoms with Crippen molar-refractivity contribution in [1.82, 2.24) is 0 Å². The van der Waals surface area contributed by atoms with Crippen LogP contribution in [0.15, 0.2) is 12.2 Å². The van der Waals surface area contributed by atoms with Crippen molar-refractivity contribution in [3.05, 3.63) is 12.2 Å². The van der Waals surface area contributed by atoms with Crippen LogP contribution in [-0.4, -0.2) is 12.6 Å². The second-order valence-corrected chi connectivity index (χ2v) is 5.03. The monoisotopic (exact) mass is 238 g/mol. The largest absolute Gasteiger partial charge is 0.465 e. The average molecular weight is 238 g/mol. The van der Waals surface area contributed by atoms with Gasteiger partial charge in [-0.2, -0.15) is 0 Å². The smallest absolute Gasteiger partial charge is 0.309 e. The highest BCUT2D eigenvalue weighted by atomic mass is 16.5. The lowest BCUT2D eigenvalue weighted by atomic mass is 9.94. The number of carbonyl (C=O) groups is 1. The van der Waals surface area contributed by atoms with E-state index in [1.54, 1.807) is 0 Å². The van der Waals surface area contributed by atoms with E-state index < -0.39 is 0 Å². The van der Waals surface area contributed by atoms with Crippen molar-refractivity contribution in [2.45, 2.75) is 58.8 Å². The summed E-state index contributed by atoms with van der Waals surface area (Å²) < 4.78 is 5.46. The summed E-state index contributed by atoms with van der Waals surface area (Å²) in [7, 11) is 0. The molecule has 0 aromatic heterocycles. The number of ether oxygens (including phenoxy) is 1. The normalized spacial score (nSPS) is 21.2. The Morgan fingerprint density at radius 3 is 2.82 bits per heavy atom. The zero-order chi connectivity index (χ0) is 12.5.